The lowest BCUT2D eigenvalue weighted by molar-refractivity contribution is -0.124. The standard InChI is InChI=1S/C28H46O4Si/c1-7-8-10-18-24(29)27-23(17-13-14-19-31-21-22-15-11-9-12-16-22)26(20-25(27)30)32-33(5,6)28(2,3)4/h9,11-13,15-17,23-24,26-27,29H,7-8,10,14,18-21H2,1-6H3/t23-,24?,26+,27-/m0/s1. The van der Waals surface area contributed by atoms with Gasteiger partial charge in [0.2, 0.25) is 0 Å². The van der Waals surface area contributed by atoms with Crippen molar-refractivity contribution in [3.05, 3.63) is 48.0 Å². The van der Waals surface area contributed by atoms with Crippen molar-refractivity contribution in [2.24, 2.45) is 11.8 Å². The molecule has 2 rings (SSSR count). The predicted molar refractivity (Wildman–Crippen MR) is 139 cm³/mol. The third kappa shape index (κ3) is 8.47. The summed E-state index contributed by atoms with van der Waals surface area (Å²) in [5.41, 5.74) is 1.17. The van der Waals surface area contributed by atoms with Gasteiger partial charge in [-0.1, -0.05) is 89.4 Å². The van der Waals surface area contributed by atoms with Crippen LogP contribution in [0.5, 0.6) is 0 Å². The van der Waals surface area contributed by atoms with Gasteiger partial charge in [-0.05, 0) is 36.5 Å². The molecule has 4 nitrogen and oxygen atoms in total. The van der Waals surface area contributed by atoms with E-state index in [2.05, 4.69) is 65.1 Å². The van der Waals surface area contributed by atoms with Crippen molar-refractivity contribution >= 4 is 14.1 Å². The lowest BCUT2D eigenvalue weighted by Crippen LogP contribution is -2.45. The van der Waals surface area contributed by atoms with E-state index < -0.39 is 14.4 Å². The molecule has 1 aromatic rings. The molecule has 0 bridgehead atoms. The Labute approximate surface area is 202 Å². The smallest absolute Gasteiger partial charge is 0.192 e. The van der Waals surface area contributed by atoms with Gasteiger partial charge in [-0.25, -0.2) is 0 Å². The Morgan fingerprint density at radius 2 is 1.88 bits per heavy atom. The third-order valence-corrected chi connectivity index (χ3v) is 11.8. The van der Waals surface area contributed by atoms with Gasteiger partial charge in [-0.15, -0.1) is 0 Å². The van der Waals surface area contributed by atoms with Crippen molar-refractivity contribution in [1.29, 1.82) is 0 Å². The Morgan fingerprint density at radius 1 is 1.18 bits per heavy atom. The number of carbonyl (C=O) groups excluding carboxylic acids is 1. The molecule has 1 saturated carbocycles. The molecule has 1 aromatic carbocycles. The fraction of sp³-hybridized carbons (Fsp3) is 0.679. The summed E-state index contributed by atoms with van der Waals surface area (Å²) in [5, 5.41) is 11.0. The topological polar surface area (TPSA) is 55.8 Å². The number of ketones is 1. The summed E-state index contributed by atoms with van der Waals surface area (Å²) in [6.45, 7) is 14.5. The van der Waals surface area contributed by atoms with Crippen molar-refractivity contribution in [3.63, 3.8) is 0 Å². The number of Topliss-reactive ketones (excluding diaryl/α,β-unsaturated/α-hetero) is 1. The maximum Gasteiger partial charge on any atom is 0.192 e. The number of aliphatic hydroxyl groups is 1. The molecule has 1 N–H and O–H groups in total. The minimum absolute atomic E-state index is 0.0719. The number of unbranched alkanes of at least 4 members (excludes halogenated alkanes) is 2. The fourth-order valence-corrected chi connectivity index (χ4v) is 5.61. The van der Waals surface area contributed by atoms with Crippen molar-refractivity contribution in [3.8, 4) is 0 Å². The van der Waals surface area contributed by atoms with Crippen LogP contribution in [0.15, 0.2) is 42.5 Å². The highest BCUT2D eigenvalue weighted by atomic mass is 28.4. The van der Waals surface area contributed by atoms with Crippen LogP contribution in [0.1, 0.15) is 71.8 Å². The van der Waals surface area contributed by atoms with Crippen molar-refractivity contribution < 1.29 is 19.1 Å². The number of hydrogen-bond donors (Lipinski definition) is 1. The highest BCUT2D eigenvalue weighted by Crippen LogP contribution is 2.43. The zero-order chi connectivity index (χ0) is 24.5. The van der Waals surface area contributed by atoms with Gasteiger partial charge in [0.05, 0.1) is 31.3 Å². The number of carbonyl (C=O) groups is 1. The fourth-order valence-electron chi connectivity index (χ4n) is 4.26. The van der Waals surface area contributed by atoms with Crippen molar-refractivity contribution in [2.45, 2.75) is 103 Å². The molecule has 0 saturated heterocycles. The van der Waals surface area contributed by atoms with Gasteiger partial charge < -0.3 is 14.3 Å². The van der Waals surface area contributed by atoms with Gasteiger partial charge in [0, 0.05) is 12.3 Å². The van der Waals surface area contributed by atoms with Crippen molar-refractivity contribution in [1.82, 2.24) is 0 Å². The van der Waals surface area contributed by atoms with E-state index in [0.29, 0.717) is 26.1 Å². The quantitative estimate of drug-likeness (QED) is 0.197. The Bertz CT molecular complexity index is 738. The number of ether oxygens (including phenoxy) is 1. The van der Waals surface area contributed by atoms with Crippen molar-refractivity contribution in [2.75, 3.05) is 6.61 Å². The van der Waals surface area contributed by atoms with E-state index in [1.54, 1.807) is 0 Å². The van der Waals surface area contributed by atoms with E-state index in [4.69, 9.17) is 9.16 Å². The monoisotopic (exact) mass is 474 g/mol. The average molecular weight is 475 g/mol. The second kappa shape index (κ2) is 13.0. The van der Waals surface area contributed by atoms with E-state index in [-0.39, 0.29) is 28.8 Å². The number of aliphatic hydroxyl groups excluding tert-OH is 1. The van der Waals surface area contributed by atoms with Crippen LogP contribution in [0.4, 0.5) is 0 Å². The van der Waals surface area contributed by atoms with Gasteiger partial charge in [0.25, 0.3) is 0 Å². The van der Waals surface area contributed by atoms with Crippen LogP contribution in [0.25, 0.3) is 0 Å². The molecular formula is C28H46O4Si. The normalized spacial score (nSPS) is 22.9. The minimum Gasteiger partial charge on any atom is -0.413 e. The summed E-state index contributed by atoms with van der Waals surface area (Å²) in [5.74, 6) is -0.284. The van der Waals surface area contributed by atoms with E-state index in [1.807, 2.05) is 18.2 Å². The Kier molecular flexibility index (Phi) is 11.0. The van der Waals surface area contributed by atoms with E-state index in [9.17, 15) is 9.90 Å². The summed E-state index contributed by atoms with van der Waals surface area (Å²) in [6, 6.07) is 10.2. The van der Waals surface area contributed by atoms with Gasteiger partial charge in [-0.2, -0.15) is 0 Å². The Hall–Kier alpha value is -1.27. The van der Waals surface area contributed by atoms with Crippen LogP contribution in [0.2, 0.25) is 18.1 Å². The van der Waals surface area contributed by atoms with E-state index in [0.717, 1.165) is 25.7 Å². The van der Waals surface area contributed by atoms with Crippen LogP contribution < -0.4 is 0 Å². The summed E-state index contributed by atoms with van der Waals surface area (Å²) in [4.78, 5) is 13.0. The number of rotatable bonds is 13. The maximum absolute atomic E-state index is 13.0. The maximum atomic E-state index is 13.0. The second-order valence-corrected chi connectivity index (χ2v) is 15.8. The lowest BCUT2D eigenvalue weighted by atomic mass is 9.86. The predicted octanol–water partition coefficient (Wildman–Crippen LogP) is 6.69. The summed E-state index contributed by atoms with van der Waals surface area (Å²) in [7, 11) is -2.03. The van der Waals surface area contributed by atoms with Crippen LogP contribution >= 0.6 is 0 Å². The molecule has 0 amide bonds. The molecule has 1 aliphatic rings. The Balaban J connectivity index is 2.03. The summed E-state index contributed by atoms with van der Waals surface area (Å²) in [6.07, 6.45) is 8.51. The highest BCUT2D eigenvalue weighted by molar-refractivity contribution is 6.74. The molecule has 186 valence electrons. The van der Waals surface area contributed by atoms with E-state index in [1.165, 1.54) is 5.56 Å². The first kappa shape index (κ1) is 28.0. The SMILES string of the molecule is CCCCCC(O)[C@H]1C(=O)C[C@@H](O[Si](C)(C)C(C)(C)C)[C@@H]1C=CCCOCc1ccccc1. The molecule has 1 aliphatic carbocycles. The zero-order valence-corrected chi connectivity index (χ0v) is 22.7. The van der Waals surface area contributed by atoms with Crippen LogP contribution in [0.3, 0.4) is 0 Å². The van der Waals surface area contributed by atoms with Crippen LogP contribution in [0, 0.1) is 11.8 Å². The molecule has 0 aromatic heterocycles. The molecule has 0 aliphatic heterocycles. The third-order valence-electron chi connectivity index (χ3n) is 7.29. The van der Waals surface area contributed by atoms with Gasteiger partial charge >= 0.3 is 0 Å². The molecule has 33 heavy (non-hydrogen) atoms. The van der Waals surface area contributed by atoms with Gasteiger partial charge in [-0.3, -0.25) is 4.79 Å². The van der Waals surface area contributed by atoms with Crippen LogP contribution in [-0.4, -0.2) is 38.0 Å². The molecular weight excluding hydrogens is 428 g/mol. The highest BCUT2D eigenvalue weighted by Gasteiger charge is 2.49. The molecule has 4 atom stereocenters. The van der Waals surface area contributed by atoms with Crippen LogP contribution in [-0.2, 0) is 20.6 Å². The molecule has 0 spiro atoms. The minimum atomic E-state index is -2.03. The molecule has 0 radical (unpaired) electrons. The Morgan fingerprint density at radius 3 is 2.52 bits per heavy atom. The number of hydrogen-bond acceptors (Lipinski definition) is 4. The first-order chi connectivity index (χ1) is 15.6. The number of benzene rings is 1. The first-order valence-corrected chi connectivity index (χ1v) is 15.6. The zero-order valence-electron chi connectivity index (χ0n) is 21.7. The lowest BCUT2D eigenvalue weighted by Gasteiger charge is -2.40. The first-order valence-electron chi connectivity index (χ1n) is 12.7. The second-order valence-electron chi connectivity index (χ2n) is 11.0. The molecule has 1 fully saturated rings. The summed E-state index contributed by atoms with van der Waals surface area (Å²) >= 11 is 0. The molecule has 1 unspecified atom stereocenters. The van der Waals surface area contributed by atoms with Gasteiger partial charge in [0.1, 0.15) is 5.78 Å². The molecule has 5 heteroatoms. The van der Waals surface area contributed by atoms with E-state index >= 15 is 0 Å². The van der Waals surface area contributed by atoms with Gasteiger partial charge in [0.15, 0.2) is 8.32 Å². The summed E-state index contributed by atoms with van der Waals surface area (Å²) < 4.78 is 12.5. The molecule has 0 heterocycles. The largest absolute Gasteiger partial charge is 0.413 e. The average Bonchev–Trinajstić information content (AvgIpc) is 3.04.